The monoisotopic (exact) mass is 667 g/mol. The van der Waals surface area contributed by atoms with E-state index in [0.717, 1.165) is 12.8 Å². The van der Waals surface area contributed by atoms with Crippen LogP contribution in [0.25, 0.3) is 0 Å². The van der Waals surface area contributed by atoms with Crippen molar-refractivity contribution in [3.05, 3.63) is 78.1 Å². The molecule has 13 heteroatoms. The molecule has 2 fully saturated rings. The lowest BCUT2D eigenvalue weighted by Gasteiger charge is -2.34. The summed E-state index contributed by atoms with van der Waals surface area (Å²) in [5.74, 6) is 0.0694. The number of sulfonamides is 2. The molecule has 0 unspecified atom stereocenters. The van der Waals surface area contributed by atoms with E-state index in [1.54, 1.807) is 0 Å². The second-order valence-electron chi connectivity index (χ2n) is 12.9. The van der Waals surface area contributed by atoms with E-state index >= 15 is 0 Å². The molecule has 0 radical (unpaired) electrons. The number of nitrogens with one attached hydrogen (secondary N) is 2. The first kappa shape index (κ1) is 33.7. The number of amides is 2. The van der Waals surface area contributed by atoms with Gasteiger partial charge in [-0.3, -0.25) is 14.6 Å². The lowest BCUT2D eigenvalue weighted by Crippen LogP contribution is -2.42. The van der Waals surface area contributed by atoms with Crippen molar-refractivity contribution in [1.29, 1.82) is 0 Å². The number of anilines is 2. The van der Waals surface area contributed by atoms with Gasteiger partial charge in [-0.2, -0.15) is 8.61 Å². The standard InChI is InChI=1S/C33H41N5O6S2/c1-22-15-23(2)19-37(18-22)45(41,42)28-9-5-26(6-10-28)32(39)35-30-13-14-34-17-31(30)36-33(40)27-7-11-29(12-8-27)46(43,44)38-20-24(3)16-25(4)21-38/h5-14,17,22-25H,15-16,18-21H2,1-4H3,(H,36,40)(H,34,35,39)/t22-,23-,24-,25+/m1/s1. The zero-order valence-electron chi connectivity index (χ0n) is 26.5. The van der Waals surface area contributed by atoms with Gasteiger partial charge in [-0.05, 0) is 91.1 Å². The highest BCUT2D eigenvalue weighted by Crippen LogP contribution is 2.29. The number of piperidine rings is 2. The lowest BCUT2D eigenvalue weighted by atomic mass is 9.94. The number of pyridine rings is 1. The van der Waals surface area contributed by atoms with Crippen molar-refractivity contribution in [1.82, 2.24) is 13.6 Å². The maximum atomic E-state index is 13.2. The average Bonchev–Trinajstić information content (AvgIpc) is 3.01. The van der Waals surface area contributed by atoms with Crippen LogP contribution in [0.3, 0.4) is 0 Å². The molecule has 4 atom stereocenters. The Labute approximate surface area is 271 Å². The highest BCUT2D eigenvalue weighted by atomic mass is 32.2. The molecule has 2 aliphatic heterocycles. The second-order valence-corrected chi connectivity index (χ2v) is 16.8. The molecule has 0 aliphatic carbocycles. The molecule has 2 amide bonds. The SMILES string of the molecule is C[C@@H]1C[C@@H](C)CN(S(=O)(=O)c2ccc(C(=O)Nc3ccncc3NC(=O)c3ccc(S(=O)(=O)N4C[C@H](C)C[C@H](C)C4)cc3)cc2)C1. The van der Waals surface area contributed by atoms with E-state index in [9.17, 15) is 26.4 Å². The Bertz CT molecular complexity index is 1640. The average molecular weight is 668 g/mol. The zero-order chi connectivity index (χ0) is 33.2. The van der Waals surface area contributed by atoms with Crippen molar-refractivity contribution in [2.75, 3.05) is 36.8 Å². The highest BCUT2D eigenvalue weighted by Gasteiger charge is 2.33. The second kappa shape index (κ2) is 13.6. The predicted molar refractivity (Wildman–Crippen MR) is 176 cm³/mol. The molecule has 2 aliphatic rings. The van der Waals surface area contributed by atoms with Crippen LogP contribution in [-0.2, 0) is 20.0 Å². The van der Waals surface area contributed by atoms with Gasteiger partial charge in [-0.15, -0.1) is 0 Å². The van der Waals surface area contributed by atoms with Crippen molar-refractivity contribution in [3.8, 4) is 0 Å². The Balaban J connectivity index is 1.25. The number of rotatable bonds is 8. The van der Waals surface area contributed by atoms with Crippen LogP contribution in [0.2, 0.25) is 0 Å². The number of benzene rings is 2. The number of nitrogens with zero attached hydrogens (tertiary/aromatic N) is 3. The van der Waals surface area contributed by atoms with E-state index in [4.69, 9.17) is 0 Å². The maximum absolute atomic E-state index is 13.2. The molecular weight excluding hydrogens is 627 g/mol. The third kappa shape index (κ3) is 7.49. The molecule has 0 saturated carbocycles. The van der Waals surface area contributed by atoms with Crippen molar-refractivity contribution >= 4 is 43.2 Å². The molecule has 2 N–H and O–H groups in total. The van der Waals surface area contributed by atoms with E-state index in [1.807, 2.05) is 27.7 Å². The number of aromatic nitrogens is 1. The van der Waals surface area contributed by atoms with Crippen molar-refractivity contribution in [2.24, 2.45) is 23.7 Å². The predicted octanol–water partition coefficient (Wildman–Crippen LogP) is 4.92. The first-order chi connectivity index (χ1) is 21.7. The lowest BCUT2D eigenvalue weighted by molar-refractivity contribution is 0.101. The molecule has 246 valence electrons. The normalized spacial score (nSPS) is 23.0. The molecular formula is C33H41N5O6S2. The fraction of sp³-hybridized carbons (Fsp3) is 0.424. The van der Waals surface area contributed by atoms with Crippen molar-refractivity contribution < 1.29 is 26.4 Å². The molecule has 46 heavy (non-hydrogen) atoms. The summed E-state index contributed by atoms with van der Waals surface area (Å²) in [6.07, 6.45) is 4.82. The maximum Gasteiger partial charge on any atom is 0.255 e. The topological polar surface area (TPSA) is 146 Å². The van der Waals surface area contributed by atoms with Crippen LogP contribution in [-0.4, -0.2) is 68.4 Å². The van der Waals surface area contributed by atoms with Crippen LogP contribution < -0.4 is 10.6 Å². The molecule has 3 aromatic rings. The minimum Gasteiger partial charge on any atom is -0.320 e. The first-order valence-corrected chi connectivity index (χ1v) is 18.4. The number of hydrogen-bond donors (Lipinski definition) is 2. The fourth-order valence-corrected chi connectivity index (χ4v) is 9.81. The summed E-state index contributed by atoms with van der Waals surface area (Å²) >= 11 is 0. The molecule has 0 spiro atoms. The van der Waals surface area contributed by atoms with Gasteiger partial charge < -0.3 is 10.6 Å². The smallest absolute Gasteiger partial charge is 0.255 e. The van der Waals surface area contributed by atoms with Gasteiger partial charge >= 0.3 is 0 Å². The molecule has 5 rings (SSSR count). The zero-order valence-corrected chi connectivity index (χ0v) is 28.1. The Kier molecular flexibility index (Phi) is 9.97. The van der Waals surface area contributed by atoms with Gasteiger partial charge in [0.1, 0.15) is 0 Å². The Morgan fingerprint density at radius 1 is 0.609 bits per heavy atom. The molecule has 2 saturated heterocycles. The summed E-state index contributed by atoms with van der Waals surface area (Å²) in [6.45, 7) is 10.0. The Morgan fingerprint density at radius 2 is 0.978 bits per heavy atom. The minimum absolute atomic E-state index is 0.124. The van der Waals surface area contributed by atoms with Gasteiger partial charge in [0.05, 0.1) is 27.4 Å². The van der Waals surface area contributed by atoms with Crippen LogP contribution in [0.1, 0.15) is 61.3 Å². The van der Waals surface area contributed by atoms with Gasteiger partial charge in [0.2, 0.25) is 20.0 Å². The summed E-state index contributed by atoms with van der Waals surface area (Å²) < 4.78 is 55.9. The molecule has 11 nitrogen and oxygen atoms in total. The van der Waals surface area contributed by atoms with E-state index in [1.165, 1.54) is 75.6 Å². The quantitative estimate of drug-likeness (QED) is 0.347. The molecule has 0 bridgehead atoms. The van der Waals surface area contributed by atoms with Gasteiger partial charge in [0, 0.05) is 43.5 Å². The largest absolute Gasteiger partial charge is 0.320 e. The Morgan fingerprint density at radius 3 is 1.37 bits per heavy atom. The summed E-state index contributed by atoms with van der Waals surface area (Å²) in [6, 6.07) is 13.1. The molecule has 3 heterocycles. The van der Waals surface area contributed by atoms with E-state index in [2.05, 4.69) is 15.6 Å². The van der Waals surface area contributed by atoms with E-state index < -0.39 is 31.9 Å². The first-order valence-electron chi connectivity index (χ1n) is 15.5. The van der Waals surface area contributed by atoms with Crippen LogP contribution in [0.4, 0.5) is 11.4 Å². The minimum atomic E-state index is -3.69. The summed E-state index contributed by atoms with van der Waals surface area (Å²) in [4.78, 5) is 30.5. The fourth-order valence-electron chi connectivity index (χ4n) is 6.45. The molecule has 1 aromatic heterocycles. The third-order valence-electron chi connectivity index (χ3n) is 8.50. The summed E-state index contributed by atoms with van der Waals surface area (Å²) in [7, 11) is -7.38. The number of carbonyl (C=O) groups excluding carboxylic acids is 2. The van der Waals surface area contributed by atoms with E-state index in [0.29, 0.717) is 26.2 Å². The highest BCUT2D eigenvalue weighted by molar-refractivity contribution is 7.89. The van der Waals surface area contributed by atoms with Crippen LogP contribution in [0, 0.1) is 23.7 Å². The van der Waals surface area contributed by atoms with E-state index in [-0.39, 0.29) is 56.0 Å². The Hall–Kier alpha value is -3.65. The molecule has 2 aromatic carbocycles. The summed E-state index contributed by atoms with van der Waals surface area (Å²) in [5, 5.41) is 5.48. The van der Waals surface area contributed by atoms with Crippen molar-refractivity contribution in [2.45, 2.75) is 50.3 Å². The number of carbonyl (C=O) groups is 2. The third-order valence-corrected chi connectivity index (χ3v) is 12.2. The van der Waals surface area contributed by atoms with Crippen molar-refractivity contribution in [3.63, 3.8) is 0 Å². The van der Waals surface area contributed by atoms with Crippen LogP contribution in [0.15, 0.2) is 76.8 Å². The van der Waals surface area contributed by atoms with Gasteiger partial charge in [0.25, 0.3) is 11.8 Å². The van der Waals surface area contributed by atoms with Gasteiger partial charge in [-0.1, -0.05) is 27.7 Å². The van der Waals surface area contributed by atoms with Crippen LogP contribution >= 0.6 is 0 Å². The number of hydrogen-bond acceptors (Lipinski definition) is 7. The van der Waals surface area contributed by atoms with Gasteiger partial charge in [-0.25, -0.2) is 16.8 Å². The van der Waals surface area contributed by atoms with Crippen LogP contribution in [0.5, 0.6) is 0 Å². The van der Waals surface area contributed by atoms with Gasteiger partial charge in [0.15, 0.2) is 0 Å². The summed E-state index contributed by atoms with van der Waals surface area (Å²) in [5.41, 5.74) is 0.993.